The molecule has 5 aromatic rings. The molecular formula is C32H34F3N3O2+2. The van der Waals surface area contributed by atoms with Gasteiger partial charge < -0.3 is 18.8 Å². The second-order valence-electron chi connectivity index (χ2n) is 10.9. The maximum Gasteiger partial charge on any atom is 0.416 e. The number of hydrogen-bond donors (Lipinski definition) is 2. The van der Waals surface area contributed by atoms with Gasteiger partial charge in [-0.3, -0.25) is 4.79 Å². The molecule has 0 saturated heterocycles. The van der Waals surface area contributed by atoms with E-state index in [0.29, 0.717) is 28.8 Å². The second kappa shape index (κ2) is 10.9. The number of nitrogens with zero attached hydrogens (tertiary/aromatic N) is 1. The Kier molecular flexibility index (Phi) is 7.57. The summed E-state index contributed by atoms with van der Waals surface area (Å²) in [6.45, 7) is 6.97. The number of rotatable bonds is 8. The first kappa shape index (κ1) is 27.7. The Morgan fingerprint density at radius 2 is 1.50 bits per heavy atom. The molecule has 0 amide bonds. The molecule has 2 heterocycles. The van der Waals surface area contributed by atoms with Gasteiger partial charge in [0, 0.05) is 22.8 Å². The van der Waals surface area contributed by atoms with Gasteiger partial charge in [0.15, 0.2) is 0 Å². The zero-order chi connectivity index (χ0) is 28.6. The summed E-state index contributed by atoms with van der Waals surface area (Å²) in [7, 11) is 4.18. The quantitative estimate of drug-likeness (QED) is 0.306. The van der Waals surface area contributed by atoms with Crippen LogP contribution in [0.1, 0.15) is 27.8 Å². The predicted octanol–water partition coefficient (Wildman–Crippen LogP) is 4.10. The van der Waals surface area contributed by atoms with Crippen molar-refractivity contribution in [2.75, 3.05) is 27.2 Å². The number of nitrogens with one attached hydrogen (secondary N) is 2. The van der Waals surface area contributed by atoms with Gasteiger partial charge in [-0.1, -0.05) is 24.3 Å². The van der Waals surface area contributed by atoms with Gasteiger partial charge >= 0.3 is 6.18 Å². The molecule has 2 aromatic heterocycles. The van der Waals surface area contributed by atoms with Crippen LogP contribution in [0, 0.1) is 13.8 Å². The molecule has 0 saturated carbocycles. The van der Waals surface area contributed by atoms with Crippen LogP contribution in [0.3, 0.4) is 0 Å². The summed E-state index contributed by atoms with van der Waals surface area (Å²) in [6.07, 6.45) is -0.862. The maximum absolute atomic E-state index is 13.3. The molecule has 5 rings (SSSR count). The van der Waals surface area contributed by atoms with Gasteiger partial charge in [-0.05, 0) is 61.4 Å². The molecule has 208 valence electrons. The topological polar surface area (TPSA) is 44.0 Å². The van der Waals surface area contributed by atoms with Crippen molar-refractivity contribution in [3.05, 3.63) is 111 Å². The number of alkyl halides is 3. The average Bonchev–Trinajstić information content (AvgIpc) is 3.28. The SMILES string of the molecule is Cc1cc2occ(C[NH+](C)CC[NH+](C)Cc3cn(-c4cccc(C(F)(F)F)c4)c4ccccc34)c(=O)c2cc1C. The lowest BCUT2D eigenvalue weighted by Gasteiger charge is -2.18. The highest BCUT2D eigenvalue weighted by Gasteiger charge is 2.30. The van der Waals surface area contributed by atoms with Crippen LogP contribution in [0.25, 0.3) is 27.6 Å². The molecule has 0 aliphatic carbocycles. The molecular weight excluding hydrogens is 515 g/mol. The molecule has 3 aromatic carbocycles. The normalized spacial score (nSPS) is 13.7. The largest absolute Gasteiger partial charge is 0.464 e. The smallest absolute Gasteiger partial charge is 0.416 e. The van der Waals surface area contributed by atoms with Crippen molar-refractivity contribution in [3.63, 3.8) is 0 Å². The van der Waals surface area contributed by atoms with E-state index in [1.165, 1.54) is 21.9 Å². The van der Waals surface area contributed by atoms with Gasteiger partial charge in [0.05, 0.1) is 36.1 Å². The first-order valence-electron chi connectivity index (χ1n) is 13.4. The van der Waals surface area contributed by atoms with Gasteiger partial charge in [-0.15, -0.1) is 0 Å². The first-order valence-corrected chi connectivity index (χ1v) is 13.4. The number of hydrogen-bond acceptors (Lipinski definition) is 2. The molecule has 0 bridgehead atoms. The number of para-hydroxylation sites is 1. The summed E-state index contributed by atoms with van der Waals surface area (Å²) in [5, 5.41) is 1.65. The molecule has 0 aliphatic rings. The van der Waals surface area contributed by atoms with E-state index in [-0.39, 0.29) is 5.43 Å². The van der Waals surface area contributed by atoms with E-state index < -0.39 is 11.7 Å². The highest BCUT2D eigenvalue weighted by molar-refractivity contribution is 5.85. The zero-order valence-electron chi connectivity index (χ0n) is 23.2. The Morgan fingerprint density at radius 1 is 0.825 bits per heavy atom. The van der Waals surface area contributed by atoms with Crippen molar-refractivity contribution < 1.29 is 27.4 Å². The maximum atomic E-state index is 13.3. The van der Waals surface area contributed by atoms with Crippen molar-refractivity contribution in [2.24, 2.45) is 0 Å². The first-order chi connectivity index (χ1) is 19.0. The van der Waals surface area contributed by atoms with Crippen molar-refractivity contribution >= 4 is 21.9 Å². The van der Waals surface area contributed by atoms with E-state index in [0.717, 1.165) is 53.3 Å². The van der Waals surface area contributed by atoms with Crippen LogP contribution >= 0.6 is 0 Å². The Bertz CT molecular complexity index is 1740. The van der Waals surface area contributed by atoms with E-state index in [1.54, 1.807) is 12.3 Å². The fraction of sp³-hybridized carbons (Fsp3) is 0.281. The fourth-order valence-electron chi connectivity index (χ4n) is 5.24. The molecule has 0 spiro atoms. The number of aryl methyl sites for hydroxylation is 2. The lowest BCUT2D eigenvalue weighted by molar-refractivity contribution is -0.952. The summed E-state index contributed by atoms with van der Waals surface area (Å²) in [5.41, 5.74) is 5.23. The third-order valence-electron chi connectivity index (χ3n) is 7.67. The molecule has 0 aliphatic heterocycles. The summed E-state index contributed by atoms with van der Waals surface area (Å²) in [4.78, 5) is 15.5. The molecule has 2 atom stereocenters. The number of halogens is 3. The third-order valence-corrected chi connectivity index (χ3v) is 7.67. The molecule has 5 nitrogen and oxygen atoms in total. The van der Waals surface area contributed by atoms with Crippen LogP contribution in [0.4, 0.5) is 13.2 Å². The van der Waals surface area contributed by atoms with Crippen LogP contribution in [0.2, 0.25) is 0 Å². The molecule has 0 fully saturated rings. The standard InChI is InChI=1S/C32H32F3N3O2/c1-21-14-28-30(15-22(21)2)40-20-24(31(28)39)18-37(4)13-12-36(3)17-23-19-38(29-11-6-5-10-27(23)29)26-9-7-8-25(16-26)32(33,34)35/h5-11,14-16,19-20H,12-13,17-18H2,1-4H3/p+2. The average molecular weight is 550 g/mol. The van der Waals surface area contributed by atoms with E-state index in [4.69, 9.17) is 4.42 Å². The Hall–Kier alpha value is -3.88. The third kappa shape index (κ3) is 5.69. The lowest BCUT2D eigenvalue weighted by Crippen LogP contribution is -3.16. The molecule has 8 heteroatoms. The number of quaternary nitrogens is 2. The number of fused-ring (bicyclic) bond motifs is 2. The van der Waals surface area contributed by atoms with Crippen LogP contribution in [-0.2, 0) is 19.3 Å². The van der Waals surface area contributed by atoms with Crippen LogP contribution < -0.4 is 15.2 Å². The molecule has 2 unspecified atom stereocenters. The van der Waals surface area contributed by atoms with Crippen molar-refractivity contribution in [3.8, 4) is 5.69 Å². The van der Waals surface area contributed by atoms with Gasteiger partial charge in [-0.25, -0.2) is 0 Å². The second-order valence-corrected chi connectivity index (χ2v) is 10.9. The highest BCUT2D eigenvalue weighted by atomic mass is 19.4. The molecule has 40 heavy (non-hydrogen) atoms. The van der Waals surface area contributed by atoms with E-state index in [9.17, 15) is 18.0 Å². The summed E-state index contributed by atoms with van der Waals surface area (Å²) < 4.78 is 47.7. The van der Waals surface area contributed by atoms with Gasteiger partial charge in [0.1, 0.15) is 38.0 Å². The Morgan fingerprint density at radius 3 is 2.23 bits per heavy atom. The minimum absolute atomic E-state index is 0.0202. The van der Waals surface area contributed by atoms with Crippen molar-refractivity contribution in [1.82, 2.24) is 4.57 Å². The Labute approximate surface area is 231 Å². The van der Waals surface area contributed by atoms with Crippen LogP contribution in [0.15, 0.2) is 82.3 Å². The monoisotopic (exact) mass is 549 g/mol. The van der Waals surface area contributed by atoms with Crippen molar-refractivity contribution in [1.29, 1.82) is 0 Å². The molecule has 2 N–H and O–H groups in total. The van der Waals surface area contributed by atoms with Gasteiger partial charge in [0.25, 0.3) is 0 Å². The Balaban J connectivity index is 1.29. The number of benzene rings is 3. The van der Waals surface area contributed by atoms with E-state index in [2.05, 4.69) is 14.1 Å². The van der Waals surface area contributed by atoms with Gasteiger partial charge in [0.2, 0.25) is 5.43 Å². The van der Waals surface area contributed by atoms with Gasteiger partial charge in [-0.2, -0.15) is 13.2 Å². The zero-order valence-corrected chi connectivity index (χ0v) is 23.2. The lowest BCUT2D eigenvalue weighted by atomic mass is 10.1. The number of likely N-dealkylation sites (N-methyl/N-ethyl adjacent to an activating group) is 2. The number of aromatic nitrogens is 1. The minimum atomic E-state index is -4.40. The summed E-state index contributed by atoms with van der Waals surface area (Å²) >= 11 is 0. The summed E-state index contributed by atoms with van der Waals surface area (Å²) in [6, 6.07) is 17.1. The van der Waals surface area contributed by atoms with Crippen LogP contribution in [0.5, 0.6) is 0 Å². The summed E-state index contributed by atoms with van der Waals surface area (Å²) in [5.74, 6) is 0. The van der Waals surface area contributed by atoms with Crippen LogP contribution in [-0.4, -0.2) is 31.8 Å². The van der Waals surface area contributed by atoms with Crippen molar-refractivity contribution in [2.45, 2.75) is 33.1 Å². The minimum Gasteiger partial charge on any atom is -0.464 e. The highest BCUT2D eigenvalue weighted by Crippen LogP contribution is 2.32. The molecule has 0 radical (unpaired) electrons. The van der Waals surface area contributed by atoms with E-state index in [1.807, 2.05) is 61.0 Å². The fourth-order valence-corrected chi connectivity index (χ4v) is 5.24. The van der Waals surface area contributed by atoms with E-state index >= 15 is 0 Å². The predicted molar refractivity (Wildman–Crippen MR) is 151 cm³/mol.